The monoisotopic (exact) mass is 621 g/mol. The number of nitrogens with one attached hydrogen (secondary N) is 3. The number of carbonyl (C=O) groups excluding carboxylic acids is 3. The number of carbonyl (C=O) groups is 3. The fraction of sp³-hybridized carbons (Fsp3) is 0.735. The Morgan fingerprint density at radius 1 is 0.767 bits per heavy atom. The molecule has 0 radical (unpaired) electrons. The van der Waals surface area contributed by atoms with Gasteiger partial charge in [0, 0.05) is 24.6 Å². The molecule has 1 aromatic rings. The highest BCUT2D eigenvalue weighted by molar-refractivity contribution is 7.99. The van der Waals surface area contributed by atoms with Gasteiger partial charge >= 0.3 is 18.1 Å². The number of alkyl carbamates (subject to hydrolysis) is 1. The van der Waals surface area contributed by atoms with Gasteiger partial charge in [-0.05, 0) is 32.8 Å². The van der Waals surface area contributed by atoms with E-state index in [9.17, 15) is 14.4 Å². The van der Waals surface area contributed by atoms with Crippen LogP contribution in [0, 0.1) is 0 Å². The zero-order valence-corrected chi connectivity index (χ0v) is 28.2. The van der Waals surface area contributed by atoms with Crippen LogP contribution in [0.2, 0.25) is 0 Å². The van der Waals surface area contributed by atoms with Gasteiger partial charge in [0.25, 0.3) is 0 Å². The molecule has 0 bridgehead atoms. The molecular formula is C34H59N3O5S. The van der Waals surface area contributed by atoms with Crippen LogP contribution in [0.3, 0.4) is 0 Å². The lowest BCUT2D eigenvalue weighted by atomic mass is 10.0. The maximum atomic E-state index is 12.7. The van der Waals surface area contributed by atoms with Crippen molar-refractivity contribution in [2.75, 3.05) is 24.6 Å². The first-order valence-corrected chi connectivity index (χ1v) is 17.7. The van der Waals surface area contributed by atoms with Gasteiger partial charge in [0.15, 0.2) is 0 Å². The summed E-state index contributed by atoms with van der Waals surface area (Å²) in [6.07, 6.45) is 17.7. The van der Waals surface area contributed by atoms with Crippen molar-refractivity contribution in [2.45, 2.75) is 136 Å². The van der Waals surface area contributed by atoms with E-state index in [1.54, 1.807) is 20.8 Å². The van der Waals surface area contributed by atoms with Crippen molar-refractivity contribution in [1.29, 1.82) is 0 Å². The van der Waals surface area contributed by atoms with Crippen LogP contribution in [0.1, 0.15) is 123 Å². The zero-order chi connectivity index (χ0) is 31.6. The number of amides is 3. The topological polar surface area (TPSA) is 106 Å². The molecule has 3 amide bonds. The highest BCUT2D eigenvalue weighted by Gasteiger charge is 2.25. The number of hydrogen-bond acceptors (Lipinski definition) is 6. The summed E-state index contributed by atoms with van der Waals surface area (Å²) in [5.74, 6) is 0.362. The first kappa shape index (κ1) is 38.6. The second-order valence-electron chi connectivity index (χ2n) is 12.1. The molecule has 0 heterocycles. The average molecular weight is 622 g/mol. The number of urea groups is 1. The van der Waals surface area contributed by atoms with Gasteiger partial charge in [0.05, 0.1) is 0 Å². The molecule has 0 aliphatic rings. The number of rotatable bonds is 24. The number of unbranched alkanes of at least 4 members (excludes halogenated alkanes) is 13. The summed E-state index contributed by atoms with van der Waals surface area (Å²) in [4.78, 5) is 37.1. The Bertz CT molecular complexity index is 863. The van der Waals surface area contributed by atoms with Gasteiger partial charge in [0.1, 0.15) is 18.2 Å². The highest BCUT2D eigenvalue weighted by atomic mass is 32.2. The largest absolute Gasteiger partial charge is 0.459 e. The van der Waals surface area contributed by atoms with Crippen molar-refractivity contribution in [3.05, 3.63) is 35.9 Å². The lowest BCUT2D eigenvalue weighted by molar-refractivity contribution is -0.146. The molecule has 0 fully saturated rings. The third kappa shape index (κ3) is 23.7. The van der Waals surface area contributed by atoms with Crippen LogP contribution in [0.4, 0.5) is 9.59 Å². The SMILES string of the molecule is CCCCCCCCCCCCCCCCNC(=O)NCCSC[C@H](NC(=O)OC(C)(C)C)C(=O)OCc1ccccc1. The van der Waals surface area contributed by atoms with E-state index in [4.69, 9.17) is 9.47 Å². The molecule has 1 aromatic carbocycles. The minimum absolute atomic E-state index is 0.123. The van der Waals surface area contributed by atoms with Crippen LogP contribution in [-0.4, -0.2) is 54.3 Å². The smallest absolute Gasteiger partial charge is 0.408 e. The van der Waals surface area contributed by atoms with Crippen LogP contribution in [-0.2, 0) is 20.9 Å². The zero-order valence-electron chi connectivity index (χ0n) is 27.3. The summed E-state index contributed by atoms with van der Waals surface area (Å²) in [6, 6.07) is 8.34. The third-order valence-corrected chi connectivity index (χ3v) is 7.89. The summed E-state index contributed by atoms with van der Waals surface area (Å²) in [5.41, 5.74) is 0.184. The molecule has 0 saturated heterocycles. The van der Waals surface area contributed by atoms with Crippen molar-refractivity contribution >= 4 is 29.9 Å². The Balaban J connectivity index is 2.12. The Morgan fingerprint density at radius 3 is 1.86 bits per heavy atom. The van der Waals surface area contributed by atoms with Crippen LogP contribution >= 0.6 is 11.8 Å². The number of esters is 1. The first-order chi connectivity index (χ1) is 20.7. The Morgan fingerprint density at radius 2 is 1.30 bits per heavy atom. The van der Waals surface area contributed by atoms with E-state index in [-0.39, 0.29) is 12.6 Å². The molecule has 3 N–H and O–H groups in total. The molecule has 43 heavy (non-hydrogen) atoms. The second-order valence-corrected chi connectivity index (χ2v) is 13.3. The van der Waals surface area contributed by atoms with E-state index >= 15 is 0 Å². The first-order valence-electron chi connectivity index (χ1n) is 16.5. The molecule has 0 aromatic heterocycles. The fourth-order valence-electron chi connectivity index (χ4n) is 4.47. The maximum Gasteiger partial charge on any atom is 0.408 e. The van der Waals surface area contributed by atoms with Gasteiger partial charge < -0.3 is 25.4 Å². The predicted molar refractivity (Wildman–Crippen MR) is 178 cm³/mol. The molecule has 0 aliphatic heterocycles. The van der Waals surface area contributed by atoms with E-state index in [1.807, 2.05) is 30.3 Å². The fourth-order valence-corrected chi connectivity index (χ4v) is 5.34. The molecule has 1 rings (SSSR count). The second kappa shape index (κ2) is 25.0. The van der Waals surface area contributed by atoms with Crippen LogP contribution in [0.15, 0.2) is 30.3 Å². The van der Waals surface area contributed by atoms with E-state index < -0.39 is 23.7 Å². The molecular weight excluding hydrogens is 562 g/mol. The van der Waals surface area contributed by atoms with Gasteiger partial charge in [-0.2, -0.15) is 11.8 Å². The predicted octanol–water partition coefficient (Wildman–Crippen LogP) is 8.14. The van der Waals surface area contributed by atoms with E-state index in [0.717, 1.165) is 18.4 Å². The Hall–Kier alpha value is -2.42. The number of thioether (sulfide) groups is 1. The van der Waals surface area contributed by atoms with Gasteiger partial charge in [-0.15, -0.1) is 0 Å². The van der Waals surface area contributed by atoms with Crippen molar-refractivity contribution in [3.63, 3.8) is 0 Å². The van der Waals surface area contributed by atoms with E-state index in [1.165, 1.54) is 88.8 Å². The Labute approximate surface area is 265 Å². The molecule has 0 spiro atoms. The minimum atomic E-state index is -0.863. The van der Waals surface area contributed by atoms with Crippen molar-refractivity contribution < 1.29 is 23.9 Å². The van der Waals surface area contributed by atoms with E-state index in [2.05, 4.69) is 22.9 Å². The van der Waals surface area contributed by atoms with Gasteiger partial charge in [-0.3, -0.25) is 0 Å². The van der Waals surface area contributed by atoms with Crippen LogP contribution < -0.4 is 16.0 Å². The van der Waals surface area contributed by atoms with Gasteiger partial charge in [0.2, 0.25) is 0 Å². The van der Waals surface area contributed by atoms with Crippen LogP contribution in [0.25, 0.3) is 0 Å². The van der Waals surface area contributed by atoms with E-state index in [0.29, 0.717) is 24.6 Å². The minimum Gasteiger partial charge on any atom is -0.459 e. The maximum absolute atomic E-state index is 12.7. The lowest BCUT2D eigenvalue weighted by Crippen LogP contribution is -2.46. The molecule has 8 nitrogen and oxygen atoms in total. The molecule has 246 valence electrons. The highest BCUT2D eigenvalue weighted by Crippen LogP contribution is 2.13. The molecule has 0 aliphatic carbocycles. The summed E-state index contributed by atoms with van der Waals surface area (Å²) < 4.78 is 10.7. The molecule has 1 atom stereocenters. The Kier molecular flexibility index (Phi) is 22.4. The summed E-state index contributed by atoms with van der Waals surface area (Å²) in [6.45, 7) is 8.80. The molecule has 0 unspecified atom stereocenters. The summed E-state index contributed by atoms with van der Waals surface area (Å²) >= 11 is 1.45. The normalized spacial score (nSPS) is 11.9. The van der Waals surface area contributed by atoms with Crippen molar-refractivity contribution in [3.8, 4) is 0 Å². The lowest BCUT2D eigenvalue weighted by Gasteiger charge is -2.23. The third-order valence-electron chi connectivity index (χ3n) is 6.83. The standard InChI is InChI=1S/C34H59N3O5S/c1-5-6-7-8-9-10-11-12-13-14-15-16-17-21-24-35-32(39)36-25-26-43-28-30(37-33(40)42-34(2,3)4)31(38)41-27-29-22-19-18-20-23-29/h18-20,22-23,30H,5-17,21,24-28H2,1-4H3,(H,37,40)(H2,35,36,39)/t30-/m0/s1. The summed E-state index contributed by atoms with van der Waals surface area (Å²) in [5, 5.41) is 8.40. The van der Waals surface area contributed by atoms with Crippen molar-refractivity contribution in [1.82, 2.24) is 16.0 Å². The van der Waals surface area contributed by atoms with Gasteiger partial charge in [-0.25, -0.2) is 14.4 Å². The molecule has 9 heteroatoms. The van der Waals surface area contributed by atoms with Gasteiger partial charge in [-0.1, -0.05) is 121 Å². The number of benzene rings is 1. The van der Waals surface area contributed by atoms with Crippen LogP contribution in [0.5, 0.6) is 0 Å². The average Bonchev–Trinajstić information content (AvgIpc) is 2.96. The summed E-state index contributed by atoms with van der Waals surface area (Å²) in [7, 11) is 0. The number of ether oxygens (including phenoxy) is 2. The van der Waals surface area contributed by atoms with Crippen molar-refractivity contribution in [2.24, 2.45) is 0 Å². The molecule has 0 saturated carbocycles. The number of hydrogen-bond donors (Lipinski definition) is 3. The quantitative estimate of drug-likeness (QED) is 0.0795.